The third-order valence-corrected chi connectivity index (χ3v) is 9.80. The number of nitrogens with zero attached hydrogens (tertiary/aromatic N) is 8. The smallest absolute Gasteiger partial charge is 0.321 e. The second-order valence-corrected chi connectivity index (χ2v) is 14.6. The van der Waals surface area contributed by atoms with Crippen LogP contribution in [0.1, 0.15) is 6.42 Å². The lowest BCUT2D eigenvalue weighted by Crippen LogP contribution is -2.55. The Kier molecular flexibility index (Phi) is 25.9. The maximum absolute atomic E-state index is 13.2. The van der Waals surface area contributed by atoms with E-state index in [-0.39, 0.29) is 78.5 Å². The van der Waals surface area contributed by atoms with Crippen LogP contribution in [0.5, 0.6) is 0 Å². The molecule has 0 bridgehead atoms. The zero-order valence-corrected chi connectivity index (χ0v) is 35.3. The number of morpholine rings is 2. The molecule has 2 aliphatic heterocycles. The van der Waals surface area contributed by atoms with Gasteiger partial charge in [0.25, 0.3) is 0 Å². The van der Waals surface area contributed by atoms with Gasteiger partial charge in [-0.1, -0.05) is 0 Å². The number of ether oxygens (including phenoxy) is 2. The molecule has 0 aromatic heterocycles. The van der Waals surface area contributed by atoms with Crippen LogP contribution >= 0.6 is 0 Å². The molecule has 0 aromatic rings. The van der Waals surface area contributed by atoms with Crippen molar-refractivity contribution < 1.29 is 83.3 Å². The Morgan fingerprint density at radius 1 is 0.492 bits per heavy atom. The van der Waals surface area contributed by atoms with Crippen LogP contribution in [0.2, 0.25) is 0 Å². The van der Waals surface area contributed by atoms with Crippen molar-refractivity contribution >= 4 is 53.9 Å². The van der Waals surface area contributed by atoms with E-state index in [9.17, 15) is 63.6 Å². The van der Waals surface area contributed by atoms with Crippen LogP contribution in [0, 0.1) is 0 Å². The lowest BCUT2D eigenvalue weighted by Gasteiger charge is -2.38. The number of rotatable bonds is 35. The molecule has 27 heteroatoms. The number of carboxylic acids is 6. The van der Waals surface area contributed by atoms with Gasteiger partial charge in [-0.05, 0) is 0 Å². The molecule has 2 heterocycles. The molecule has 0 radical (unpaired) electrons. The molecule has 0 saturated carbocycles. The lowest BCUT2D eigenvalue weighted by atomic mass is 10.2. The van der Waals surface area contributed by atoms with Crippen molar-refractivity contribution in [3.63, 3.8) is 0 Å². The Morgan fingerprint density at radius 3 is 1.21 bits per heavy atom. The highest BCUT2D eigenvalue weighted by Crippen LogP contribution is 2.08. The topological polar surface area (TPSA) is 343 Å². The Hall–Kier alpha value is -4.97. The maximum atomic E-state index is 13.2. The van der Waals surface area contributed by atoms with Gasteiger partial charge in [0.05, 0.1) is 72.2 Å². The van der Waals surface area contributed by atoms with E-state index < -0.39 is 92.8 Å². The molecule has 358 valence electrons. The SMILES string of the molecule is O=CCC(C(=O)O)N(CCN(CCN(CC(=O)NCCNC(=O)CN(CCN(CCN(CC(=O)O)CC(=O)O)CC(=O)O)N1CCOCC1)N1CCOCC1)CC(=O)O)CC(=O)O. The summed E-state index contributed by atoms with van der Waals surface area (Å²) in [6.45, 7) is 0.814. The van der Waals surface area contributed by atoms with E-state index in [0.29, 0.717) is 58.9 Å². The number of aliphatic carboxylic acids is 6. The first-order valence-electron chi connectivity index (χ1n) is 20.3. The third-order valence-electron chi connectivity index (χ3n) is 9.80. The van der Waals surface area contributed by atoms with E-state index in [1.807, 2.05) is 10.0 Å². The molecule has 1 atom stereocenters. The van der Waals surface area contributed by atoms with Crippen LogP contribution in [0.25, 0.3) is 0 Å². The van der Waals surface area contributed by atoms with Gasteiger partial charge in [0.2, 0.25) is 11.8 Å². The van der Waals surface area contributed by atoms with E-state index in [1.165, 1.54) is 14.7 Å². The normalized spacial score (nSPS) is 15.5. The van der Waals surface area contributed by atoms with Crippen LogP contribution in [-0.4, -0.2) is 294 Å². The number of hydrazine groups is 2. The summed E-state index contributed by atoms with van der Waals surface area (Å²) in [7, 11) is 0. The highest BCUT2D eigenvalue weighted by molar-refractivity contribution is 5.79. The summed E-state index contributed by atoms with van der Waals surface area (Å²) < 4.78 is 10.9. The van der Waals surface area contributed by atoms with Crippen molar-refractivity contribution in [2.24, 2.45) is 0 Å². The minimum atomic E-state index is -1.43. The Labute approximate surface area is 363 Å². The molecular weight excluding hydrogens is 844 g/mol. The molecule has 2 saturated heterocycles. The molecule has 2 fully saturated rings. The highest BCUT2D eigenvalue weighted by Gasteiger charge is 2.29. The van der Waals surface area contributed by atoms with Gasteiger partial charge in [-0.15, -0.1) is 0 Å². The third kappa shape index (κ3) is 23.9. The molecule has 0 aromatic carbocycles. The summed E-state index contributed by atoms with van der Waals surface area (Å²) in [6, 6.07) is -1.43. The summed E-state index contributed by atoms with van der Waals surface area (Å²) in [6.07, 6.45) is -0.0995. The van der Waals surface area contributed by atoms with Gasteiger partial charge in [-0.3, -0.25) is 58.0 Å². The van der Waals surface area contributed by atoms with Crippen LogP contribution in [0.4, 0.5) is 0 Å². The molecule has 2 rings (SSSR count). The number of carboxylic acid groups (broad SMARTS) is 6. The van der Waals surface area contributed by atoms with E-state index in [0.717, 1.165) is 4.90 Å². The monoisotopic (exact) mass is 906 g/mol. The fraction of sp³-hybridized carbons (Fsp3) is 0.750. The number of carbonyl (C=O) groups excluding carboxylic acids is 3. The van der Waals surface area contributed by atoms with Gasteiger partial charge >= 0.3 is 35.8 Å². The van der Waals surface area contributed by atoms with Gasteiger partial charge in [-0.25, -0.2) is 20.0 Å². The van der Waals surface area contributed by atoms with Crippen molar-refractivity contribution in [3.8, 4) is 0 Å². The zero-order valence-electron chi connectivity index (χ0n) is 35.3. The molecule has 27 nitrogen and oxygen atoms in total. The number of aldehydes is 1. The van der Waals surface area contributed by atoms with Gasteiger partial charge in [0.15, 0.2) is 0 Å². The number of amides is 2. The van der Waals surface area contributed by atoms with Crippen LogP contribution < -0.4 is 10.6 Å². The fourth-order valence-corrected chi connectivity index (χ4v) is 6.76. The fourth-order valence-electron chi connectivity index (χ4n) is 6.76. The van der Waals surface area contributed by atoms with Crippen molar-refractivity contribution in [2.45, 2.75) is 12.5 Å². The first kappa shape index (κ1) is 54.2. The predicted octanol–water partition coefficient (Wildman–Crippen LogP) is -6.01. The minimum absolute atomic E-state index is 0.0289. The van der Waals surface area contributed by atoms with Crippen LogP contribution in [0.3, 0.4) is 0 Å². The zero-order chi connectivity index (χ0) is 46.7. The molecule has 8 N–H and O–H groups in total. The summed E-state index contributed by atoms with van der Waals surface area (Å²) in [4.78, 5) is 112. The van der Waals surface area contributed by atoms with Crippen LogP contribution in [-0.2, 0) is 52.6 Å². The second kappa shape index (κ2) is 30.2. The van der Waals surface area contributed by atoms with Crippen molar-refractivity contribution in [1.29, 1.82) is 0 Å². The Bertz CT molecular complexity index is 1480. The first-order chi connectivity index (χ1) is 30.0. The standard InChI is InChI=1S/C36H62N10O17/c47-16-1-28(36(60)61)42(27-35(58)59)9-6-40(24-32(52)53)8-11-46(44-14-19-63-20-15-44)22-30(49)38-3-2-37-29(48)21-45(43-12-17-62-18-13-43)10-7-39(23-31(50)51)4-5-41(25-33(54)55)26-34(56)57/h16,28H,1-15,17-27H2,(H,37,48)(H,38,49)(H,50,51)(H,52,53)(H,54,55)(H,56,57)(H,58,59)(H,60,61). The Balaban J connectivity index is 2.00. The summed E-state index contributed by atoms with van der Waals surface area (Å²) >= 11 is 0. The molecule has 0 aliphatic carbocycles. The van der Waals surface area contributed by atoms with Crippen molar-refractivity contribution in [2.75, 3.05) is 164 Å². The minimum Gasteiger partial charge on any atom is -0.480 e. The quantitative estimate of drug-likeness (QED) is 0.0217. The number of hydrogen-bond acceptors (Lipinski definition) is 19. The summed E-state index contributed by atoms with van der Waals surface area (Å²) in [5, 5.41) is 69.1. The average molecular weight is 907 g/mol. The van der Waals surface area contributed by atoms with Gasteiger partial charge in [0.1, 0.15) is 12.3 Å². The molecule has 1 unspecified atom stereocenters. The van der Waals surface area contributed by atoms with Crippen LogP contribution in [0.15, 0.2) is 0 Å². The first-order valence-corrected chi connectivity index (χ1v) is 20.3. The number of hydrogen-bond donors (Lipinski definition) is 8. The van der Waals surface area contributed by atoms with E-state index in [2.05, 4.69) is 10.6 Å². The maximum Gasteiger partial charge on any atom is 0.321 e. The molecule has 0 spiro atoms. The molecule has 2 aliphatic rings. The summed E-state index contributed by atoms with van der Waals surface area (Å²) in [5.41, 5.74) is 0. The van der Waals surface area contributed by atoms with E-state index in [1.54, 1.807) is 10.0 Å². The molecular formula is C36H62N10O17. The predicted molar refractivity (Wildman–Crippen MR) is 215 cm³/mol. The summed E-state index contributed by atoms with van der Waals surface area (Å²) in [5.74, 6) is -8.34. The number of carbonyl (C=O) groups is 9. The largest absolute Gasteiger partial charge is 0.480 e. The van der Waals surface area contributed by atoms with E-state index in [4.69, 9.17) is 19.7 Å². The van der Waals surface area contributed by atoms with Gasteiger partial charge in [-0.2, -0.15) is 0 Å². The van der Waals surface area contributed by atoms with Gasteiger partial charge in [0, 0.05) is 98.0 Å². The Morgan fingerprint density at radius 2 is 0.841 bits per heavy atom. The highest BCUT2D eigenvalue weighted by atomic mass is 16.5. The molecule has 2 amide bonds. The average Bonchev–Trinajstić information content (AvgIpc) is 3.21. The van der Waals surface area contributed by atoms with Gasteiger partial charge < -0.3 is 55.5 Å². The second-order valence-electron chi connectivity index (χ2n) is 14.6. The lowest BCUT2D eigenvalue weighted by molar-refractivity contribution is -0.148. The van der Waals surface area contributed by atoms with Crippen molar-refractivity contribution in [3.05, 3.63) is 0 Å². The molecule has 63 heavy (non-hydrogen) atoms. The van der Waals surface area contributed by atoms with Crippen molar-refractivity contribution in [1.82, 2.24) is 50.3 Å². The number of nitrogens with one attached hydrogen (secondary N) is 2. The van der Waals surface area contributed by atoms with E-state index >= 15 is 0 Å².